The second-order valence-corrected chi connectivity index (χ2v) is 3.58. The first-order chi connectivity index (χ1) is 7.08. The molecule has 0 spiro atoms. The zero-order valence-electron chi connectivity index (χ0n) is 10.5. The number of nitrogens with one attached hydrogen (secondary N) is 1. The summed E-state index contributed by atoms with van der Waals surface area (Å²) in [5, 5.41) is 3.03. The van der Waals surface area contributed by atoms with Crippen molar-refractivity contribution in [2.75, 3.05) is 14.1 Å². The molecule has 0 aromatic carbocycles. The summed E-state index contributed by atoms with van der Waals surface area (Å²) in [6.45, 7) is 10.0. The maximum Gasteiger partial charge on any atom is 0.0993 e. The molecule has 1 atom stereocenters. The molecule has 3 heteroatoms. The zero-order valence-corrected chi connectivity index (χ0v) is 10.5. The minimum Gasteiger partial charge on any atom is -0.367 e. The highest BCUT2D eigenvalue weighted by Crippen LogP contribution is 2.17. The van der Waals surface area contributed by atoms with E-state index in [1.54, 1.807) is 13.2 Å². The molecule has 0 aliphatic carbocycles. The highest BCUT2D eigenvalue weighted by Gasteiger charge is 2.12. The monoisotopic (exact) mass is 209 g/mol. The van der Waals surface area contributed by atoms with Crippen LogP contribution in [0.4, 0.5) is 0 Å². The van der Waals surface area contributed by atoms with E-state index in [9.17, 15) is 0 Å². The number of nitrogens with zero attached hydrogens (tertiary/aromatic N) is 2. The molecule has 0 aliphatic heterocycles. The van der Waals surface area contributed by atoms with Crippen LogP contribution >= 0.6 is 0 Å². The zero-order chi connectivity index (χ0) is 11.8. The molecular weight excluding hydrogens is 186 g/mol. The Balaban J connectivity index is 4.84. The smallest absolute Gasteiger partial charge is 0.0993 e. The summed E-state index contributed by atoms with van der Waals surface area (Å²) in [4.78, 5) is 6.28. The van der Waals surface area contributed by atoms with Gasteiger partial charge in [0.05, 0.1) is 5.84 Å². The summed E-state index contributed by atoms with van der Waals surface area (Å²) in [6.07, 6.45) is 4.76. The third-order valence-corrected chi connectivity index (χ3v) is 2.66. The van der Waals surface area contributed by atoms with Gasteiger partial charge in [-0.2, -0.15) is 0 Å². The fraction of sp³-hybridized carbons (Fsp3) is 0.583. The largest absolute Gasteiger partial charge is 0.367 e. The molecule has 0 aliphatic rings. The van der Waals surface area contributed by atoms with Crippen LogP contribution in [0.25, 0.3) is 0 Å². The molecule has 3 nitrogen and oxygen atoms in total. The van der Waals surface area contributed by atoms with E-state index in [1.807, 2.05) is 20.2 Å². The van der Waals surface area contributed by atoms with Crippen LogP contribution in [0, 0.1) is 5.92 Å². The van der Waals surface area contributed by atoms with Crippen LogP contribution in [0.3, 0.4) is 0 Å². The van der Waals surface area contributed by atoms with Crippen LogP contribution in [0.1, 0.15) is 27.2 Å². The number of hydrogen-bond donors (Lipinski definition) is 1. The minimum atomic E-state index is 0.499. The van der Waals surface area contributed by atoms with Crippen molar-refractivity contribution in [1.29, 1.82) is 0 Å². The Morgan fingerprint density at radius 2 is 2.20 bits per heavy atom. The van der Waals surface area contributed by atoms with Crippen molar-refractivity contribution in [3.63, 3.8) is 0 Å². The predicted octanol–water partition coefficient (Wildman–Crippen LogP) is 2.59. The summed E-state index contributed by atoms with van der Waals surface area (Å²) < 4.78 is 0. The maximum absolute atomic E-state index is 4.18. The second-order valence-electron chi connectivity index (χ2n) is 3.58. The van der Waals surface area contributed by atoms with Crippen molar-refractivity contribution in [3.8, 4) is 0 Å². The van der Waals surface area contributed by atoms with E-state index in [1.165, 1.54) is 5.70 Å². The summed E-state index contributed by atoms with van der Waals surface area (Å²) in [7, 11) is 3.84. The van der Waals surface area contributed by atoms with Gasteiger partial charge < -0.3 is 10.2 Å². The van der Waals surface area contributed by atoms with Crippen molar-refractivity contribution in [2.24, 2.45) is 10.9 Å². The molecule has 0 fully saturated rings. The molecule has 0 amide bonds. The van der Waals surface area contributed by atoms with Crippen molar-refractivity contribution in [3.05, 3.63) is 24.7 Å². The lowest BCUT2D eigenvalue weighted by atomic mass is 10.0. The first-order valence-electron chi connectivity index (χ1n) is 5.32. The Labute approximate surface area is 93.6 Å². The van der Waals surface area contributed by atoms with Crippen molar-refractivity contribution in [2.45, 2.75) is 27.2 Å². The second kappa shape index (κ2) is 7.10. The van der Waals surface area contributed by atoms with Crippen LogP contribution in [0.15, 0.2) is 29.7 Å². The molecule has 0 rings (SSSR count). The van der Waals surface area contributed by atoms with E-state index in [4.69, 9.17) is 0 Å². The van der Waals surface area contributed by atoms with Gasteiger partial charge in [0, 0.05) is 26.0 Å². The Hall–Kier alpha value is -1.25. The molecule has 0 heterocycles. The van der Waals surface area contributed by atoms with Crippen molar-refractivity contribution < 1.29 is 0 Å². The minimum absolute atomic E-state index is 0.499. The highest BCUT2D eigenvalue weighted by atomic mass is 15.2. The number of rotatable bonds is 5. The van der Waals surface area contributed by atoms with Gasteiger partial charge in [0.1, 0.15) is 0 Å². The number of hydrogen-bond acceptors (Lipinski definition) is 2. The number of amidine groups is 1. The van der Waals surface area contributed by atoms with Crippen LogP contribution in [-0.2, 0) is 0 Å². The molecule has 86 valence electrons. The fourth-order valence-corrected chi connectivity index (χ4v) is 1.26. The van der Waals surface area contributed by atoms with E-state index in [-0.39, 0.29) is 0 Å². The first kappa shape index (κ1) is 13.8. The summed E-state index contributed by atoms with van der Waals surface area (Å²) >= 11 is 0. The third kappa shape index (κ3) is 4.19. The van der Waals surface area contributed by atoms with E-state index in [0.29, 0.717) is 5.92 Å². The molecular formula is C12H23N3. The quantitative estimate of drug-likeness (QED) is 0.556. The molecule has 0 aromatic heterocycles. The van der Waals surface area contributed by atoms with E-state index < -0.39 is 0 Å². The Kier molecular flexibility index (Phi) is 6.50. The van der Waals surface area contributed by atoms with Gasteiger partial charge in [-0.1, -0.05) is 20.4 Å². The molecule has 1 N–H and O–H groups in total. The standard InChI is InChI=1S/C12H23N3/c1-7-10(3)12(9-14-8-2)15(6)11(4)13-5/h8-10,14H,2,7H2,1,3-6H3/b12-9-,13-11?. The van der Waals surface area contributed by atoms with Crippen LogP contribution in [0.5, 0.6) is 0 Å². The van der Waals surface area contributed by atoms with Gasteiger partial charge in [0.2, 0.25) is 0 Å². The van der Waals surface area contributed by atoms with Crippen molar-refractivity contribution >= 4 is 5.84 Å². The summed E-state index contributed by atoms with van der Waals surface area (Å²) in [5.74, 6) is 1.51. The molecule has 0 radical (unpaired) electrons. The molecule has 15 heavy (non-hydrogen) atoms. The van der Waals surface area contributed by atoms with Gasteiger partial charge in [-0.3, -0.25) is 4.99 Å². The van der Waals surface area contributed by atoms with E-state index in [2.05, 4.69) is 35.6 Å². The fourth-order valence-electron chi connectivity index (χ4n) is 1.26. The van der Waals surface area contributed by atoms with Gasteiger partial charge in [-0.25, -0.2) is 0 Å². The lowest BCUT2D eigenvalue weighted by Gasteiger charge is -2.26. The highest BCUT2D eigenvalue weighted by molar-refractivity contribution is 5.81. The average Bonchev–Trinajstić information content (AvgIpc) is 2.27. The molecule has 0 saturated heterocycles. The maximum atomic E-state index is 4.18. The van der Waals surface area contributed by atoms with Crippen LogP contribution in [0.2, 0.25) is 0 Å². The normalized spacial score (nSPS) is 14.7. The first-order valence-corrected chi connectivity index (χ1v) is 5.32. The van der Waals surface area contributed by atoms with Crippen LogP contribution < -0.4 is 5.32 Å². The number of aliphatic imine (C=N–C) groups is 1. The molecule has 0 aromatic rings. The van der Waals surface area contributed by atoms with Gasteiger partial charge in [-0.15, -0.1) is 0 Å². The topological polar surface area (TPSA) is 27.6 Å². The van der Waals surface area contributed by atoms with Gasteiger partial charge >= 0.3 is 0 Å². The van der Waals surface area contributed by atoms with Gasteiger partial charge in [-0.05, 0) is 25.5 Å². The van der Waals surface area contributed by atoms with Crippen molar-refractivity contribution in [1.82, 2.24) is 10.2 Å². The molecule has 1 unspecified atom stereocenters. The van der Waals surface area contributed by atoms with Crippen LogP contribution in [-0.4, -0.2) is 24.8 Å². The van der Waals surface area contributed by atoms with E-state index in [0.717, 1.165) is 12.3 Å². The van der Waals surface area contributed by atoms with Gasteiger partial charge in [0.15, 0.2) is 0 Å². The lowest BCUT2D eigenvalue weighted by Crippen LogP contribution is -2.28. The Morgan fingerprint density at radius 1 is 1.60 bits per heavy atom. The third-order valence-electron chi connectivity index (χ3n) is 2.66. The lowest BCUT2D eigenvalue weighted by molar-refractivity contribution is 0.485. The molecule has 0 bridgehead atoms. The Morgan fingerprint density at radius 3 is 2.60 bits per heavy atom. The molecule has 0 saturated carbocycles. The Bertz CT molecular complexity index is 254. The predicted molar refractivity (Wildman–Crippen MR) is 67.7 cm³/mol. The summed E-state index contributed by atoms with van der Waals surface area (Å²) in [5.41, 5.74) is 1.22. The number of allylic oxidation sites excluding steroid dienone is 1. The summed E-state index contributed by atoms with van der Waals surface area (Å²) in [6, 6.07) is 0. The van der Waals surface area contributed by atoms with E-state index >= 15 is 0 Å². The average molecular weight is 209 g/mol. The van der Waals surface area contributed by atoms with Gasteiger partial charge in [0.25, 0.3) is 0 Å². The SMILES string of the molecule is C=CN/C=C(/C(C)CC)N(C)C(C)=NC.